The molecule has 1 aliphatic rings. The van der Waals surface area contributed by atoms with Crippen LogP contribution in [0.3, 0.4) is 0 Å². The van der Waals surface area contributed by atoms with Crippen molar-refractivity contribution in [2.75, 3.05) is 11.4 Å². The molecule has 0 fully saturated rings. The van der Waals surface area contributed by atoms with Crippen LogP contribution in [0.25, 0.3) is 0 Å². The highest BCUT2D eigenvalue weighted by molar-refractivity contribution is 6.34. The number of anilines is 1. The highest BCUT2D eigenvalue weighted by Crippen LogP contribution is 2.29. The number of non-ortho nitro benzene ring substituents is 1. The number of hydrogen-bond donors (Lipinski definition) is 1. The first kappa shape index (κ1) is 27.6. The van der Waals surface area contributed by atoms with E-state index in [9.17, 15) is 34.1 Å². The Morgan fingerprint density at radius 1 is 0.762 bits per heavy atom. The van der Waals surface area contributed by atoms with Crippen LogP contribution in [0.2, 0.25) is 0 Å². The number of esters is 1. The summed E-state index contributed by atoms with van der Waals surface area (Å²) in [4.78, 5) is 75.4. The van der Waals surface area contributed by atoms with Gasteiger partial charge in [-0.05, 0) is 48.5 Å². The van der Waals surface area contributed by atoms with E-state index in [4.69, 9.17) is 4.74 Å². The van der Waals surface area contributed by atoms with Crippen molar-refractivity contribution in [3.63, 3.8) is 0 Å². The third-order valence-electron chi connectivity index (χ3n) is 6.53. The molecule has 1 atom stereocenters. The van der Waals surface area contributed by atoms with E-state index >= 15 is 0 Å². The summed E-state index contributed by atoms with van der Waals surface area (Å²) in [5.74, 6) is -3.04. The first-order valence-electron chi connectivity index (χ1n) is 12.6. The van der Waals surface area contributed by atoms with Crippen LogP contribution < -0.4 is 10.2 Å². The quantitative estimate of drug-likeness (QED) is 0.104. The Hall–Kier alpha value is -5.97. The number of carbonyl (C=O) groups excluding carboxylic acids is 5. The number of ketones is 1. The maximum atomic E-state index is 13.2. The summed E-state index contributed by atoms with van der Waals surface area (Å²) in [6, 6.07) is 25.3. The molecule has 208 valence electrons. The van der Waals surface area contributed by atoms with E-state index in [2.05, 4.69) is 5.32 Å². The van der Waals surface area contributed by atoms with Crippen LogP contribution in [-0.2, 0) is 9.53 Å². The van der Waals surface area contributed by atoms with Crippen molar-refractivity contribution < 1.29 is 33.6 Å². The van der Waals surface area contributed by atoms with Crippen LogP contribution in [0.4, 0.5) is 11.4 Å². The van der Waals surface area contributed by atoms with Crippen LogP contribution >= 0.6 is 0 Å². The van der Waals surface area contributed by atoms with E-state index in [1.165, 1.54) is 48.5 Å². The first-order valence-corrected chi connectivity index (χ1v) is 12.6. The lowest BCUT2D eigenvalue weighted by Crippen LogP contribution is -2.32. The Labute approximate surface area is 238 Å². The van der Waals surface area contributed by atoms with E-state index < -0.39 is 47.0 Å². The molecule has 11 heteroatoms. The number of nitrogens with one attached hydrogen (secondary N) is 1. The molecular formula is C31H21N3O8. The fourth-order valence-corrected chi connectivity index (χ4v) is 4.41. The Morgan fingerprint density at radius 2 is 1.33 bits per heavy atom. The number of Topliss-reactive ketones (excluding diaryl/α,β-unsaturated/α-hetero) is 1. The number of fused-ring (bicyclic) bond motifs is 1. The number of amides is 3. The molecule has 0 saturated heterocycles. The zero-order valence-electron chi connectivity index (χ0n) is 21.8. The average molecular weight is 564 g/mol. The zero-order valence-corrected chi connectivity index (χ0v) is 21.8. The topological polar surface area (TPSA) is 153 Å². The molecule has 0 radical (unpaired) electrons. The number of nitrogens with zero attached hydrogens (tertiary/aromatic N) is 2. The molecule has 0 aliphatic carbocycles. The van der Waals surface area contributed by atoms with Gasteiger partial charge in [0, 0.05) is 28.8 Å². The molecule has 0 unspecified atom stereocenters. The van der Waals surface area contributed by atoms with Gasteiger partial charge in [-0.2, -0.15) is 0 Å². The van der Waals surface area contributed by atoms with Crippen molar-refractivity contribution in [1.82, 2.24) is 5.32 Å². The lowest BCUT2D eigenvalue weighted by atomic mass is 9.99. The number of nitro benzene ring substituents is 1. The van der Waals surface area contributed by atoms with Crippen LogP contribution in [0.1, 0.15) is 53.1 Å². The van der Waals surface area contributed by atoms with E-state index in [1.807, 2.05) is 0 Å². The monoisotopic (exact) mass is 563 g/mol. The Morgan fingerprint density at radius 3 is 1.90 bits per heavy atom. The third kappa shape index (κ3) is 5.52. The molecule has 5 rings (SSSR count). The van der Waals surface area contributed by atoms with Gasteiger partial charge in [0.2, 0.25) is 5.78 Å². The summed E-state index contributed by atoms with van der Waals surface area (Å²) in [6.45, 7) is -0.579. The minimum atomic E-state index is -1.41. The second-order valence-electron chi connectivity index (χ2n) is 9.17. The standard InChI is InChI=1S/C31H21N3O8/c35-26(42-28(27(36)19-6-2-1-3-7-19)20-10-16-23(17-11-20)34(40)41)18-32-29(37)21-12-14-22(15-13-21)33-30(38)24-8-4-5-9-25(24)31(33)39/h1-17,28H,18H2,(H,32,37)/t28-/m0/s1. The molecule has 1 N–H and O–H groups in total. The molecule has 0 bridgehead atoms. The van der Waals surface area contributed by atoms with E-state index in [0.717, 1.165) is 4.90 Å². The molecule has 0 aromatic heterocycles. The van der Waals surface area contributed by atoms with E-state index in [0.29, 0.717) is 11.1 Å². The molecule has 0 saturated carbocycles. The van der Waals surface area contributed by atoms with Crippen molar-refractivity contribution in [3.05, 3.63) is 141 Å². The lowest BCUT2D eigenvalue weighted by molar-refractivity contribution is -0.384. The summed E-state index contributed by atoms with van der Waals surface area (Å²) in [6.07, 6.45) is -1.41. The number of carbonyl (C=O) groups is 5. The number of imide groups is 1. The van der Waals surface area contributed by atoms with Crippen LogP contribution in [0.15, 0.2) is 103 Å². The van der Waals surface area contributed by atoms with Crippen molar-refractivity contribution in [3.8, 4) is 0 Å². The molecular weight excluding hydrogens is 542 g/mol. The van der Waals surface area contributed by atoms with E-state index in [1.54, 1.807) is 54.6 Å². The van der Waals surface area contributed by atoms with Gasteiger partial charge in [-0.1, -0.05) is 42.5 Å². The third-order valence-corrected chi connectivity index (χ3v) is 6.53. The molecule has 3 amide bonds. The predicted octanol–water partition coefficient (Wildman–Crippen LogP) is 4.29. The minimum Gasteiger partial charge on any atom is -0.448 e. The molecule has 1 heterocycles. The summed E-state index contributed by atoms with van der Waals surface area (Å²) in [5, 5.41) is 13.4. The maximum absolute atomic E-state index is 13.2. The van der Waals surface area contributed by atoms with Crippen LogP contribution in [-0.4, -0.2) is 40.9 Å². The van der Waals surface area contributed by atoms with Crippen molar-refractivity contribution >= 4 is 40.8 Å². The maximum Gasteiger partial charge on any atom is 0.326 e. The molecule has 0 spiro atoms. The molecule has 4 aromatic carbocycles. The fraction of sp³-hybridized carbons (Fsp3) is 0.0645. The van der Waals surface area contributed by atoms with Gasteiger partial charge in [-0.25, -0.2) is 4.90 Å². The van der Waals surface area contributed by atoms with Gasteiger partial charge in [0.05, 0.1) is 21.7 Å². The average Bonchev–Trinajstić information content (AvgIpc) is 3.28. The zero-order chi connectivity index (χ0) is 29.8. The van der Waals surface area contributed by atoms with Gasteiger partial charge in [-0.3, -0.25) is 34.1 Å². The largest absolute Gasteiger partial charge is 0.448 e. The van der Waals surface area contributed by atoms with E-state index in [-0.39, 0.29) is 28.1 Å². The van der Waals surface area contributed by atoms with Crippen molar-refractivity contribution in [1.29, 1.82) is 0 Å². The normalized spacial score (nSPS) is 12.8. The van der Waals surface area contributed by atoms with Gasteiger partial charge >= 0.3 is 5.97 Å². The number of rotatable bonds is 9. The second kappa shape index (κ2) is 11.6. The van der Waals surface area contributed by atoms with Gasteiger partial charge in [-0.15, -0.1) is 0 Å². The second-order valence-corrected chi connectivity index (χ2v) is 9.17. The predicted molar refractivity (Wildman–Crippen MR) is 149 cm³/mol. The molecule has 11 nitrogen and oxygen atoms in total. The van der Waals surface area contributed by atoms with Gasteiger partial charge in [0.15, 0.2) is 6.10 Å². The number of benzene rings is 4. The SMILES string of the molecule is O=C(CNC(=O)c1ccc(N2C(=O)c3ccccc3C2=O)cc1)O[C@H](C(=O)c1ccccc1)c1ccc([N+](=O)[O-])cc1. The minimum absolute atomic E-state index is 0.149. The molecule has 1 aliphatic heterocycles. The summed E-state index contributed by atoms with van der Waals surface area (Å²) >= 11 is 0. The summed E-state index contributed by atoms with van der Waals surface area (Å²) in [7, 11) is 0. The van der Waals surface area contributed by atoms with Crippen LogP contribution in [0, 0.1) is 10.1 Å². The van der Waals surface area contributed by atoms with Crippen molar-refractivity contribution in [2.24, 2.45) is 0 Å². The van der Waals surface area contributed by atoms with Gasteiger partial charge < -0.3 is 10.1 Å². The number of nitro groups is 1. The Bertz CT molecular complexity index is 1680. The van der Waals surface area contributed by atoms with Crippen molar-refractivity contribution in [2.45, 2.75) is 6.10 Å². The van der Waals surface area contributed by atoms with Gasteiger partial charge in [0.1, 0.15) is 6.54 Å². The molecule has 4 aromatic rings. The Balaban J connectivity index is 1.25. The summed E-state index contributed by atoms with van der Waals surface area (Å²) in [5.41, 5.74) is 1.30. The first-order chi connectivity index (χ1) is 20.2. The Kier molecular flexibility index (Phi) is 7.65. The molecule has 42 heavy (non-hydrogen) atoms. The number of hydrogen-bond acceptors (Lipinski definition) is 8. The van der Waals surface area contributed by atoms with Gasteiger partial charge in [0.25, 0.3) is 23.4 Å². The summed E-state index contributed by atoms with van der Waals surface area (Å²) < 4.78 is 5.43. The number of ether oxygens (including phenoxy) is 1. The van der Waals surface area contributed by atoms with Crippen LogP contribution in [0.5, 0.6) is 0 Å². The highest BCUT2D eigenvalue weighted by Gasteiger charge is 2.36. The lowest BCUT2D eigenvalue weighted by Gasteiger charge is -2.18. The fourth-order valence-electron chi connectivity index (χ4n) is 4.41. The highest BCUT2D eigenvalue weighted by atomic mass is 16.6. The smallest absolute Gasteiger partial charge is 0.326 e.